The molecule has 19 heavy (non-hydrogen) atoms. The van der Waals surface area contributed by atoms with Gasteiger partial charge in [-0.2, -0.15) is 0 Å². The van der Waals surface area contributed by atoms with Crippen molar-refractivity contribution in [1.29, 1.82) is 0 Å². The van der Waals surface area contributed by atoms with Crippen LogP contribution in [0.3, 0.4) is 0 Å². The zero-order valence-electron chi connectivity index (χ0n) is 10.3. The van der Waals surface area contributed by atoms with Gasteiger partial charge in [0.2, 0.25) is 0 Å². The van der Waals surface area contributed by atoms with Gasteiger partial charge in [0, 0.05) is 24.8 Å². The van der Waals surface area contributed by atoms with Gasteiger partial charge in [0.05, 0.1) is 17.8 Å². The summed E-state index contributed by atoms with van der Waals surface area (Å²) in [4.78, 5) is 0. The van der Waals surface area contributed by atoms with Crippen LogP contribution in [0.5, 0.6) is 0 Å². The quantitative estimate of drug-likeness (QED) is 0.839. The van der Waals surface area contributed by atoms with Gasteiger partial charge in [-0.25, -0.2) is 13.2 Å². The summed E-state index contributed by atoms with van der Waals surface area (Å²) in [7, 11) is 0. The van der Waals surface area contributed by atoms with Crippen LogP contribution in [0.25, 0.3) is 0 Å². The van der Waals surface area contributed by atoms with Crippen LogP contribution in [-0.4, -0.2) is 22.9 Å². The van der Waals surface area contributed by atoms with Crippen molar-refractivity contribution in [2.24, 2.45) is 0 Å². The van der Waals surface area contributed by atoms with E-state index in [1.54, 1.807) is 0 Å². The molecule has 1 N–H and O–H groups in total. The molecule has 2 nitrogen and oxygen atoms in total. The smallest absolute Gasteiger partial charge is 0.165 e. The third-order valence-electron chi connectivity index (χ3n) is 4.06. The number of hydrogen-bond donors (Lipinski definition) is 1. The van der Waals surface area contributed by atoms with E-state index < -0.39 is 23.1 Å². The summed E-state index contributed by atoms with van der Waals surface area (Å²) in [6.07, 6.45) is 2.10. The Balaban J connectivity index is 1.87. The first kappa shape index (κ1) is 12.9. The average molecular weight is 272 g/mol. The second-order valence-electron chi connectivity index (χ2n) is 5.59. The Morgan fingerprint density at radius 1 is 1.11 bits per heavy atom. The van der Waals surface area contributed by atoms with Crippen LogP contribution in [0, 0.1) is 17.5 Å². The van der Waals surface area contributed by atoms with Crippen LogP contribution in [0.1, 0.15) is 31.2 Å². The Morgan fingerprint density at radius 3 is 2.32 bits per heavy atom. The van der Waals surface area contributed by atoms with Crippen LogP contribution in [-0.2, 0) is 11.2 Å². The molecule has 1 aromatic carbocycles. The van der Waals surface area contributed by atoms with Crippen molar-refractivity contribution in [2.75, 3.05) is 0 Å². The van der Waals surface area contributed by atoms with Gasteiger partial charge < -0.3 is 9.84 Å². The molecule has 2 bridgehead atoms. The lowest BCUT2D eigenvalue weighted by Gasteiger charge is -2.36. The maximum Gasteiger partial charge on any atom is 0.165 e. The van der Waals surface area contributed by atoms with Gasteiger partial charge in [-0.3, -0.25) is 0 Å². The van der Waals surface area contributed by atoms with Gasteiger partial charge in [-0.15, -0.1) is 0 Å². The summed E-state index contributed by atoms with van der Waals surface area (Å²) in [5, 5.41) is 10.5. The van der Waals surface area contributed by atoms with Crippen LogP contribution in [0.2, 0.25) is 0 Å². The Hall–Kier alpha value is -1.07. The van der Waals surface area contributed by atoms with Crippen molar-refractivity contribution in [3.05, 3.63) is 35.1 Å². The molecule has 3 rings (SSSR count). The van der Waals surface area contributed by atoms with E-state index in [1.165, 1.54) is 0 Å². The Labute approximate surface area is 109 Å². The molecule has 2 aliphatic rings. The zero-order chi connectivity index (χ0) is 13.6. The molecule has 0 radical (unpaired) electrons. The summed E-state index contributed by atoms with van der Waals surface area (Å²) in [5.74, 6) is -3.10. The monoisotopic (exact) mass is 272 g/mol. The summed E-state index contributed by atoms with van der Waals surface area (Å²) in [6, 6.07) is 1.65. The van der Waals surface area contributed by atoms with E-state index in [0.29, 0.717) is 12.8 Å². The van der Waals surface area contributed by atoms with Crippen LogP contribution < -0.4 is 0 Å². The Bertz CT molecular complexity index is 492. The number of fused-ring (bicyclic) bond motifs is 2. The van der Waals surface area contributed by atoms with Crippen molar-refractivity contribution in [3.8, 4) is 0 Å². The number of ether oxygens (including phenoxy) is 1. The molecule has 5 heteroatoms. The molecule has 0 amide bonds. The largest absolute Gasteiger partial charge is 0.389 e. The molecule has 2 saturated heterocycles. The van der Waals surface area contributed by atoms with Gasteiger partial charge in [0.15, 0.2) is 11.6 Å². The van der Waals surface area contributed by atoms with Gasteiger partial charge in [-0.1, -0.05) is 0 Å². The van der Waals surface area contributed by atoms with E-state index in [0.717, 1.165) is 25.0 Å². The van der Waals surface area contributed by atoms with Crippen molar-refractivity contribution in [3.63, 3.8) is 0 Å². The minimum absolute atomic E-state index is 0.0524. The van der Waals surface area contributed by atoms with Crippen molar-refractivity contribution in [2.45, 2.75) is 49.9 Å². The molecular formula is C14H15F3O2. The lowest BCUT2D eigenvalue weighted by atomic mass is 9.84. The number of aliphatic hydroxyl groups is 1. The first-order valence-corrected chi connectivity index (χ1v) is 6.47. The third kappa shape index (κ3) is 2.37. The molecule has 0 aromatic heterocycles. The molecule has 2 heterocycles. The van der Waals surface area contributed by atoms with E-state index in [4.69, 9.17) is 4.74 Å². The highest BCUT2D eigenvalue weighted by atomic mass is 19.2. The number of hydrogen-bond acceptors (Lipinski definition) is 2. The highest BCUT2D eigenvalue weighted by Gasteiger charge is 2.44. The Kier molecular flexibility index (Phi) is 3.06. The first-order chi connectivity index (χ1) is 8.97. The SMILES string of the molecule is OC1(Cc2c(F)ccc(F)c2F)CC2CCC(C1)O2. The number of halogens is 3. The molecule has 0 saturated carbocycles. The van der Waals surface area contributed by atoms with Gasteiger partial charge in [-0.05, 0) is 25.0 Å². The fraction of sp³-hybridized carbons (Fsp3) is 0.571. The predicted molar refractivity (Wildman–Crippen MR) is 62.1 cm³/mol. The van der Waals surface area contributed by atoms with E-state index in [1.807, 2.05) is 0 Å². The van der Waals surface area contributed by atoms with Crippen molar-refractivity contribution in [1.82, 2.24) is 0 Å². The van der Waals surface area contributed by atoms with Crippen molar-refractivity contribution >= 4 is 0 Å². The third-order valence-corrected chi connectivity index (χ3v) is 4.06. The molecule has 2 unspecified atom stereocenters. The molecule has 2 atom stereocenters. The second-order valence-corrected chi connectivity index (χ2v) is 5.59. The van der Waals surface area contributed by atoms with Gasteiger partial charge in [0.25, 0.3) is 0 Å². The van der Waals surface area contributed by atoms with E-state index in [9.17, 15) is 18.3 Å². The van der Waals surface area contributed by atoms with E-state index in [2.05, 4.69) is 0 Å². The topological polar surface area (TPSA) is 29.5 Å². The fourth-order valence-electron chi connectivity index (χ4n) is 3.22. The van der Waals surface area contributed by atoms with Gasteiger partial charge in [0.1, 0.15) is 5.82 Å². The van der Waals surface area contributed by atoms with Gasteiger partial charge >= 0.3 is 0 Å². The number of benzene rings is 1. The molecule has 1 aromatic rings. The summed E-state index contributed by atoms with van der Waals surface area (Å²) in [5.41, 5.74) is -1.58. The molecule has 0 aliphatic carbocycles. The average Bonchev–Trinajstić information content (AvgIpc) is 2.70. The fourth-order valence-corrected chi connectivity index (χ4v) is 3.22. The highest BCUT2D eigenvalue weighted by molar-refractivity contribution is 5.23. The van der Waals surface area contributed by atoms with E-state index >= 15 is 0 Å². The maximum absolute atomic E-state index is 13.6. The van der Waals surface area contributed by atoms with Crippen LogP contribution in [0.15, 0.2) is 12.1 Å². The molecular weight excluding hydrogens is 257 g/mol. The second kappa shape index (κ2) is 4.49. The van der Waals surface area contributed by atoms with E-state index in [-0.39, 0.29) is 24.2 Å². The maximum atomic E-state index is 13.6. The summed E-state index contributed by atoms with van der Waals surface area (Å²) < 4.78 is 46.0. The molecule has 2 fully saturated rings. The molecule has 0 spiro atoms. The Morgan fingerprint density at radius 2 is 1.68 bits per heavy atom. The van der Waals surface area contributed by atoms with Crippen LogP contribution >= 0.6 is 0 Å². The van der Waals surface area contributed by atoms with Crippen LogP contribution in [0.4, 0.5) is 13.2 Å². The molecule has 104 valence electrons. The summed E-state index contributed by atoms with van der Waals surface area (Å²) >= 11 is 0. The predicted octanol–water partition coefficient (Wildman–Crippen LogP) is 2.72. The first-order valence-electron chi connectivity index (χ1n) is 6.47. The standard InChI is InChI=1S/C14H15F3O2/c15-11-3-4-12(16)13(17)10(11)7-14(18)5-8-1-2-9(6-14)19-8/h3-4,8-9,18H,1-2,5-7H2. The van der Waals surface area contributed by atoms with Crippen molar-refractivity contribution < 1.29 is 23.0 Å². The lowest BCUT2D eigenvalue weighted by molar-refractivity contribution is -0.111. The minimum Gasteiger partial charge on any atom is -0.389 e. The zero-order valence-corrected chi connectivity index (χ0v) is 10.3. The lowest BCUT2D eigenvalue weighted by Crippen LogP contribution is -2.43. The normalized spacial score (nSPS) is 33.7. The minimum atomic E-state index is -1.21. The summed E-state index contributed by atoms with van der Waals surface area (Å²) in [6.45, 7) is 0. The molecule has 2 aliphatic heterocycles. The highest BCUT2D eigenvalue weighted by Crippen LogP contribution is 2.40. The number of rotatable bonds is 2.